The Hall–Kier alpha value is -8.88. The monoisotopic (exact) mass is 1190 g/mol. The van der Waals surface area contributed by atoms with Crippen molar-refractivity contribution in [2.75, 3.05) is 37.8 Å². The molecule has 4 aromatic carbocycles. The second-order valence-corrected chi connectivity index (χ2v) is 22.4. The van der Waals surface area contributed by atoms with Crippen LogP contribution in [0.5, 0.6) is 0 Å². The molecule has 456 valence electrons. The molecule has 6 N–H and O–H groups in total. The second-order valence-electron chi connectivity index (χ2n) is 22.4. The van der Waals surface area contributed by atoms with Crippen molar-refractivity contribution in [3.05, 3.63) is 190 Å². The number of unbranched alkanes of at least 4 members (excludes halogenated alkanes) is 4. The minimum atomic E-state index is -0.912. The molecule has 0 unspecified atom stereocenters. The summed E-state index contributed by atoms with van der Waals surface area (Å²) in [6.45, 7) is 4.30. The predicted molar refractivity (Wildman–Crippen MR) is 326 cm³/mol. The van der Waals surface area contributed by atoms with Gasteiger partial charge in [0.2, 0.25) is 35.4 Å². The van der Waals surface area contributed by atoms with E-state index >= 15 is 0 Å². The van der Waals surface area contributed by atoms with Gasteiger partial charge in [0.15, 0.2) is 11.6 Å². The zero-order valence-electron chi connectivity index (χ0n) is 49.6. The van der Waals surface area contributed by atoms with Gasteiger partial charge in [0.25, 0.3) is 0 Å². The Bertz CT molecular complexity index is 3160. The van der Waals surface area contributed by atoms with Gasteiger partial charge in [-0.3, -0.25) is 48.3 Å². The third-order valence-electron chi connectivity index (χ3n) is 16.1. The van der Waals surface area contributed by atoms with Crippen molar-refractivity contribution in [2.24, 2.45) is 0 Å². The molecule has 18 nitrogen and oxygen atoms in total. The second kappa shape index (κ2) is 31.0. The number of ketones is 2. The zero-order chi connectivity index (χ0) is 62.0. The predicted octanol–water partition coefficient (Wildman–Crippen LogP) is 8.52. The molecule has 2 aromatic heterocycles. The largest absolute Gasteiger partial charge is 0.343 e. The van der Waals surface area contributed by atoms with Gasteiger partial charge in [-0.25, -0.2) is 8.78 Å². The van der Waals surface area contributed by atoms with Gasteiger partial charge in [0, 0.05) is 97.2 Å². The molecule has 6 amide bonds. The van der Waals surface area contributed by atoms with Crippen LogP contribution in [0.3, 0.4) is 0 Å². The van der Waals surface area contributed by atoms with Gasteiger partial charge in [0.05, 0.1) is 24.2 Å². The lowest BCUT2D eigenvalue weighted by Crippen LogP contribution is -2.53. The van der Waals surface area contributed by atoms with E-state index in [-0.39, 0.29) is 71.9 Å². The van der Waals surface area contributed by atoms with Gasteiger partial charge >= 0.3 is 0 Å². The van der Waals surface area contributed by atoms with E-state index in [0.717, 1.165) is 30.4 Å². The summed E-state index contributed by atoms with van der Waals surface area (Å²) in [5, 5.41) is 17.6. The molecule has 20 heteroatoms. The van der Waals surface area contributed by atoms with E-state index in [1.54, 1.807) is 86.5 Å². The smallest absolute Gasteiger partial charge is 0.246 e. The summed E-state index contributed by atoms with van der Waals surface area (Å²) in [6, 6.07) is 24.6. The summed E-state index contributed by atoms with van der Waals surface area (Å²) >= 11 is 0. The summed E-state index contributed by atoms with van der Waals surface area (Å²) in [6.07, 6.45) is 13.6. The summed E-state index contributed by atoms with van der Waals surface area (Å²) in [5.74, 6) is -3.04. The lowest BCUT2D eigenvalue weighted by atomic mass is 9.99. The molecular formula is C67H76F2N10O8. The number of carbonyl (C=O) groups excluding carboxylic acids is 8. The number of amides is 6. The van der Waals surface area contributed by atoms with Crippen LogP contribution in [0, 0.1) is 11.6 Å². The number of nitrogens with one attached hydrogen (secondary N) is 6. The number of benzene rings is 4. The average Bonchev–Trinajstić information content (AvgIpc) is 2.51. The van der Waals surface area contributed by atoms with Crippen molar-refractivity contribution in [1.29, 1.82) is 0 Å². The normalized spacial score (nSPS) is 16.1. The minimum absolute atomic E-state index is 0.140. The minimum Gasteiger partial charge on any atom is -0.343 e. The van der Waals surface area contributed by atoms with Gasteiger partial charge in [-0.15, -0.1) is 0 Å². The molecule has 4 heterocycles. The van der Waals surface area contributed by atoms with E-state index in [1.165, 1.54) is 60.9 Å². The fourth-order valence-corrected chi connectivity index (χ4v) is 10.9. The van der Waals surface area contributed by atoms with Gasteiger partial charge in [-0.05, 0) is 174 Å². The fourth-order valence-electron chi connectivity index (χ4n) is 10.9. The van der Waals surface area contributed by atoms with Crippen LogP contribution in [0.1, 0.15) is 151 Å². The summed E-state index contributed by atoms with van der Waals surface area (Å²) in [7, 11) is 3.32. The van der Waals surface area contributed by atoms with Crippen LogP contribution in [-0.2, 0) is 41.6 Å². The first-order valence-corrected chi connectivity index (χ1v) is 29.8. The van der Waals surface area contributed by atoms with Crippen LogP contribution in [0.2, 0.25) is 0 Å². The highest BCUT2D eigenvalue weighted by atomic mass is 19.1. The van der Waals surface area contributed by atoms with Crippen molar-refractivity contribution in [3.63, 3.8) is 0 Å². The number of anilines is 2. The number of likely N-dealkylation sites (tertiary alicyclic amines) is 2. The third kappa shape index (κ3) is 17.6. The molecule has 2 aliphatic heterocycles. The van der Waals surface area contributed by atoms with E-state index in [1.807, 2.05) is 24.3 Å². The van der Waals surface area contributed by atoms with E-state index < -0.39 is 35.8 Å². The lowest BCUT2D eigenvalue weighted by Gasteiger charge is -2.30. The Morgan fingerprint density at radius 3 is 1.23 bits per heavy atom. The van der Waals surface area contributed by atoms with Crippen LogP contribution in [-0.4, -0.2) is 118 Å². The van der Waals surface area contributed by atoms with E-state index in [9.17, 15) is 47.1 Å². The van der Waals surface area contributed by atoms with Crippen LogP contribution in [0.25, 0.3) is 0 Å². The molecule has 6 atom stereocenters. The number of aromatic nitrogens is 2. The van der Waals surface area contributed by atoms with Crippen molar-refractivity contribution in [3.8, 4) is 0 Å². The Morgan fingerprint density at radius 2 is 0.862 bits per heavy atom. The number of hydrogen-bond donors (Lipinski definition) is 6. The molecule has 0 bridgehead atoms. The highest BCUT2D eigenvalue weighted by molar-refractivity contribution is 6.09. The van der Waals surface area contributed by atoms with Crippen LogP contribution in [0.15, 0.2) is 134 Å². The molecule has 87 heavy (non-hydrogen) atoms. The standard InChI is InChI=1S/C67H76F2N10O8/c1-42(70-3)64(84)76-56(66(86)78-32-10-12-58(78)48-36-50(40-72-38-48)62(82)46-20-24-52(68)25-21-46)34-44-16-28-54(29-17-44)74-60(80)14-8-6-5-7-9-15-61(81)75-55-30-18-45(19-31-55)35-57(77-65(85)43(2)71-4)67(87)79-33-11-13-59(79)49-37-51(41-73-39-49)63(83)47-22-26-53(69)27-23-47/h16-31,36-43,56-59,70-71H,5-15,32-35H2,1-4H3,(H,74,80)(H,75,81)(H,76,84)(H,77,85)/t42-,43-,56-,57-,58-,59-/m0/s1. The highest BCUT2D eigenvalue weighted by Crippen LogP contribution is 2.35. The first-order valence-electron chi connectivity index (χ1n) is 29.8. The topological polar surface area (TPSA) is 241 Å². The molecule has 2 saturated heterocycles. The van der Waals surface area contributed by atoms with Gasteiger partial charge < -0.3 is 41.7 Å². The van der Waals surface area contributed by atoms with Crippen LogP contribution >= 0.6 is 0 Å². The van der Waals surface area contributed by atoms with Crippen molar-refractivity contribution >= 4 is 58.4 Å². The van der Waals surface area contributed by atoms with Crippen LogP contribution in [0.4, 0.5) is 20.2 Å². The Kier molecular flexibility index (Phi) is 22.8. The number of hydrogen-bond acceptors (Lipinski definition) is 12. The zero-order valence-corrected chi connectivity index (χ0v) is 49.6. The number of likely N-dealkylation sites (N-methyl/N-ethyl adjacent to an activating group) is 2. The molecule has 2 fully saturated rings. The Labute approximate surface area is 506 Å². The molecule has 8 rings (SSSR count). The first kappa shape index (κ1) is 64.1. The van der Waals surface area contributed by atoms with Gasteiger partial charge in [0.1, 0.15) is 23.7 Å². The maximum Gasteiger partial charge on any atom is 0.246 e. The Balaban J connectivity index is 0.763. The number of rotatable bonds is 28. The van der Waals surface area contributed by atoms with Crippen molar-refractivity contribution < 1.29 is 47.1 Å². The summed E-state index contributed by atoms with van der Waals surface area (Å²) in [5.41, 5.74) is 5.36. The van der Waals surface area contributed by atoms with Crippen molar-refractivity contribution in [2.45, 2.75) is 134 Å². The summed E-state index contributed by atoms with van der Waals surface area (Å²) in [4.78, 5) is 120. The molecular weight excluding hydrogens is 1110 g/mol. The number of halogens is 2. The molecule has 0 spiro atoms. The maximum absolute atomic E-state index is 14.4. The first-order chi connectivity index (χ1) is 42.0. The number of pyridine rings is 2. The van der Waals surface area contributed by atoms with Gasteiger partial charge in [-0.2, -0.15) is 0 Å². The third-order valence-corrected chi connectivity index (χ3v) is 16.1. The van der Waals surface area contributed by atoms with Gasteiger partial charge in [-0.1, -0.05) is 43.5 Å². The van der Waals surface area contributed by atoms with Crippen molar-refractivity contribution in [1.82, 2.24) is 41.0 Å². The fraction of sp³-hybridized carbons (Fsp3) is 0.373. The molecule has 6 aromatic rings. The van der Waals surface area contributed by atoms with E-state index in [2.05, 4.69) is 41.9 Å². The molecule has 2 aliphatic rings. The lowest BCUT2D eigenvalue weighted by molar-refractivity contribution is -0.137. The molecule has 0 saturated carbocycles. The Morgan fingerprint density at radius 1 is 0.494 bits per heavy atom. The number of carbonyl (C=O) groups is 8. The average molecular weight is 1190 g/mol. The quantitative estimate of drug-likeness (QED) is 0.0200. The summed E-state index contributed by atoms with van der Waals surface area (Å²) < 4.78 is 27.1. The number of nitrogens with zero attached hydrogens (tertiary/aromatic N) is 4. The SMILES string of the molecule is CN[C@@H](C)C(=O)N[C@@H](Cc1ccc(NC(=O)CCCCCCCC(=O)Nc2ccc(C[C@H](NC(=O)[C@H](C)NC)C(=O)N3CCC[C@H]3c3cncc(C(=O)c4ccc(F)cc4)c3)cc2)cc1)C(=O)N1CCC[C@H]1c1cncc(C(=O)c2ccc(F)cc2)c1. The van der Waals surface area contributed by atoms with E-state index in [0.29, 0.717) is 109 Å². The molecule has 0 radical (unpaired) electrons. The van der Waals surface area contributed by atoms with Crippen LogP contribution < -0.4 is 31.9 Å². The molecule has 0 aliphatic carbocycles. The van der Waals surface area contributed by atoms with E-state index in [4.69, 9.17) is 0 Å². The highest BCUT2D eigenvalue weighted by Gasteiger charge is 2.38. The maximum atomic E-state index is 14.4.